The lowest BCUT2D eigenvalue weighted by Crippen LogP contribution is -2.33. The highest BCUT2D eigenvalue weighted by Gasteiger charge is 2.26. The highest BCUT2D eigenvalue weighted by Crippen LogP contribution is 2.26. The predicted molar refractivity (Wildman–Crippen MR) is 74.7 cm³/mol. The Morgan fingerprint density at radius 1 is 1.45 bits per heavy atom. The number of unbranched alkanes of at least 4 members (excludes halogenated alkanes) is 1. The first-order valence-electron chi connectivity index (χ1n) is 7.26. The van der Waals surface area contributed by atoms with Gasteiger partial charge in [0.15, 0.2) is 0 Å². The molecule has 6 heteroatoms. The molecule has 20 heavy (non-hydrogen) atoms. The fraction of sp³-hybridized carbons (Fsp3) is 0.714. The molecular formula is C14H23N3O3. The van der Waals surface area contributed by atoms with Crippen molar-refractivity contribution in [3.05, 3.63) is 11.3 Å². The first-order valence-corrected chi connectivity index (χ1v) is 7.26. The lowest BCUT2D eigenvalue weighted by Gasteiger charge is -2.19. The Balaban J connectivity index is 2.09. The molecule has 1 aliphatic rings. The fourth-order valence-electron chi connectivity index (χ4n) is 2.30. The maximum Gasteiger partial charge on any atom is 0.410 e. The van der Waals surface area contributed by atoms with Gasteiger partial charge >= 0.3 is 6.09 Å². The lowest BCUT2D eigenvalue weighted by atomic mass is 10.2. The van der Waals surface area contributed by atoms with Crippen molar-refractivity contribution in [3.63, 3.8) is 0 Å². The standard InChI is InChI=1S/C14H23N3O3/c1-4-6-8-20-14(18)17-7-9-19-13-11(10-17)12(5-2)15-16(13)3/h4-10H2,1-3H3. The van der Waals surface area contributed by atoms with E-state index >= 15 is 0 Å². The molecule has 2 rings (SSSR count). The lowest BCUT2D eigenvalue weighted by molar-refractivity contribution is 0.0955. The monoisotopic (exact) mass is 281 g/mol. The molecule has 112 valence electrons. The van der Waals surface area contributed by atoms with Crippen molar-refractivity contribution in [2.24, 2.45) is 7.05 Å². The SMILES string of the molecule is CCCCOC(=O)N1CCOc2c(c(CC)nn2C)C1. The maximum absolute atomic E-state index is 12.1. The molecule has 0 radical (unpaired) electrons. The molecular weight excluding hydrogens is 258 g/mol. The minimum Gasteiger partial charge on any atom is -0.476 e. The minimum atomic E-state index is -0.263. The summed E-state index contributed by atoms with van der Waals surface area (Å²) in [6.45, 7) is 6.13. The number of rotatable bonds is 4. The molecule has 0 unspecified atom stereocenters. The Bertz CT molecular complexity index is 470. The van der Waals surface area contributed by atoms with Crippen LogP contribution in [0.4, 0.5) is 4.79 Å². The summed E-state index contributed by atoms with van der Waals surface area (Å²) in [5, 5.41) is 4.43. The van der Waals surface area contributed by atoms with Crippen molar-refractivity contribution in [2.45, 2.75) is 39.7 Å². The van der Waals surface area contributed by atoms with Gasteiger partial charge in [0.25, 0.3) is 0 Å². The third-order valence-corrected chi connectivity index (χ3v) is 3.44. The Hall–Kier alpha value is -1.72. The van der Waals surface area contributed by atoms with Gasteiger partial charge in [0.2, 0.25) is 5.88 Å². The molecule has 1 amide bonds. The quantitative estimate of drug-likeness (QED) is 0.793. The van der Waals surface area contributed by atoms with Gasteiger partial charge in [-0.25, -0.2) is 9.48 Å². The highest BCUT2D eigenvalue weighted by molar-refractivity contribution is 5.68. The summed E-state index contributed by atoms with van der Waals surface area (Å²) in [5.41, 5.74) is 1.98. The molecule has 6 nitrogen and oxygen atoms in total. The normalized spacial score (nSPS) is 14.4. The molecule has 2 heterocycles. The average Bonchev–Trinajstić information content (AvgIpc) is 2.64. The summed E-state index contributed by atoms with van der Waals surface area (Å²) >= 11 is 0. The van der Waals surface area contributed by atoms with E-state index in [1.807, 2.05) is 7.05 Å². The molecule has 0 spiro atoms. The van der Waals surface area contributed by atoms with E-state index in [1.54, 1.807) is 9.58 Å². The highest BCUT2D eigenvalue weighted by atomic mass is 16.6. The molecule has 0 bridgehead atoms. The number of hydrogen-bond acceptors (Lipinski definition) is 4. The van der Waals surface area contributed by atoms with E-state index in [0.29, 0.717) is 26.3 Å². The van der Waals surface area contributed by atoms with E-state index < -0.39 is 0 Å². The van der Waals surface area contributed by atoms with E-state index in [9.17, 15) is 4.79 Å². The molecule has 0 fully saturated rings. The van der Waals surface area contributed by atoms with Crippen LogP contribution in [0.25, 0.3) is 0 Å². The number of fused-ring (bicyclic) bond motifs is 1. The molecule has 0 saturated heterocycles. The van der Waals surface area contributed by atoms with Crippen molar-refractivity contribution in [2.75, 3.05) is 19.8 Å². The maximum atomic E-state index is 12.1. The largest absolute Gasteiger partial charge is 0.476 e. The van der Waals surface area contributed by atoms with Crippen molar-refractivity contribution < 1.29 is 14.3 Å². The van der Waals surface area contributed by atoms with Gasteiger partial charge in [-0.3, -0.25) is 0 Å². The molecule has 1 aromatic rings. The topological polar surface area (TPSA) is 56.6 Å². The molecule has 0 aromatic carbocycles. The molecule has 1 aliphatic heterocycles. The zero-order valence-corrected chi connectivity index (χ0v) is 12.5. The Labute approximate surface area is 119 Å². The van der Waals surface area contributed by atoms with Crippen molar-refractivity contribution in [3.8, 4) is 5.88 Å². The minimum absolute atomic E-state index is 0.263. The average molecular weight is 281 g/mol. The van der Waals surface area contributed by atoms with Crippen LogP contribution in [0, 0.1) is 0 Å². The number of aromatic nitrogens is 2. The van der Waals surface area contributed by atoms with Gasteiger partial charge < -0.3 is 14.4 Å². The molecule has 0 saturated carbocycles. The van der Waals surface area contributed by atoms with Gasteiger partial charge in [-0.15, -0.1) is 0 Å². The summed E-state index contributed by atoms with van der Waals surface area (Å²) in [5.74, 6) is 0.769. The third kappa shape index (κ3) is 3.05. The van der Waals surface area contributed by atoms with E-state index in [1.165, 1.54) is 0 Å². The zero-order chi connectivity index (χ0) is 14.5. The number of hydrogen-bond donors (Lipinski definition) is 0. The van der Waals surface area contributed by atoms with E-state index in [2.05, 4.69) is 18.9 Å². The first-order chi connectivity index (χ1) is 9.67. The Morgan fingerprint density at radius 3 is 2.95 bits per heavy atom. The second kappa shape index (κ2) is 6.63. The summed E-state index contributed by atoms with van der Waals surface area (Å²) in [7, 11) is 1.87. The van der Waals surface area contributed by atoms with Crippen LogP contribution < -0.4 is 4.74 Å². The molecule has 1 aromatic heterocycles. The molecule has 0 aliphatic carbocycles. The van der Waals surface area contributed by atoms with E-state index in [0.717, 1.165) is 36.4 Å². The van der Waals surface area contributed by atoms with Crippen LogP contribution in [0.2, 0.25) is 0 Å². The third-order valence-electron chi connectivity index (χ3n) is 3.44. The first kappa shape index (κ1) is 14.7. The number of carbonyl (C=O) groups is 1. The second-order valence-corrected chi connectivity index (χ2v) is 4.95. The van der Waals surface area contributed by atoms with Crippen LogP contribution in [-0.2, 0) is 24.8 Å². The second-order valence-electron chi connectivity index (χ2n) is 4.95. The van der Waals surface area contributed by atoms with Gasteiger partial charge in [0.1, 0.15) is 6.61 Å². The number of nitrogens with zero attached hydrogens (tertiary/aromatic N) is 3. The summed E-state index contributed by atoms with van der Waals surface area (Å²) in [6, 6.07) is 0. The van der Waals surface area contributed by atoms with Crippen LogP contribution in [-0.4, -0.2) is 40.5 Å². The smallest absolute Gasteiger partial charge is 0.410 e. The van der Waals surface area contributed by atoms with Gasteiger partial charge in [0, 0.05) is 7.05 Å². The number of aryl methyl sites for hydroxylation is 2. The van der Waals surface area contributed by atoms with E-state index in [4.69, 9.17) is 9.47 Å². The summed E-state index contributed by atoms with van der Waals surface area (Å²) in [4.78, 5) is 13.8. The van der Waals surface area contributed by atoms with Gasteiger partial charge in [-0.1, -0.05) is 20.3 Å². The molecule has 0 atom stereocenters. The van der Waals surface area contributed by atoms with Crippen LogP contribution in [0.1, 0.15) is 37.9 Å². The van der Waals surface area contributed by atoms with E-state index in [-0.39, 0.29) is 6.09 Å². The fourth-order valence-corrected chi connectivity index (χ4v) is 2.30. The van der Waals surface area contributed by atoms with Gasteiger partial charge in [-0.05, 0) is 12.8 Å². The van der Waals surface area contributed by atoms with Gasteiger partial charge in [-0.2, -0.15) is 5.10 Å². The van der Waals surface area contributed by atoms with Crippen molar-refractivity contribution in [1.29, 1.82) is 0 Å². The van der Waals surface area contributed by atoms with Crippen molar-refractivity contribution >= 4 is 6.09 Å². The number of ether oxygens (including phenoxy) is 2. The summed E-state index contributed by atoms with van der Waals surface area (Å²) in [6.07, 6.45) is 2.48. The van der Waals surface area contributed by atoms with Crippen LogP contribution in [0.3, 0.4) is 0 Å². The van der Waals surface area contributed by atoms with Crippen LogP contribution in [0.5, 0.6) is 5.88 Å². The Morgan fingerprint density at radius 2 is 2.25 bits per heavy atom. The molecule has 0 N–H and O–H groups in total. The number of carbonyl (C=O) groups excluding carboxylic acids is 1. The summed E-state index contributed by atoms with van der Waals surface area (Å²) < 4.78 is 12.7. The Kier molecular flexibility index (Phi) is 4.87. The van der Waals surface area contributed by atoms with Crippen LogP contribution in [0.15, 0.2) is 0 Å². The number of amides is 1. The van der Waals surface area contributed by atoms with Crippen molar-refractivity contribution in [1.82, 2.24) is 14.7 Å². The van der Waals surface area contributed by atoms with Gasteiger partial charge in [0.05, 0.1) is 31.0 Å². The predicted octanol–water partition coefficient (Wildman–Crippen LogP) is 2.11. The van der Waals surface area contributed by atoms with Crippen LogP contribution >= 0.6 is 0 Å². The zero-order valence-electron chi connectivity index (χ0n) is 12.5.